The topological polar surface area (TPSA) is 113 Å². The number of methoxy groups -OCH3 is 1. The van der Waals surface area contributed by atoms with E-state index < -0.39 is 16.1 Å². The van der Waals surface area contributed by atoms with Gasteiger partial charge >= 0.3 is 10.2 Å². The molecule has 2 N–H and O–H groups in total. The molecule has 1 fully saturated rings. The first kappa shape index (κ1) is 29.7. The van der Waals surface area contributed by atoms with Crippen LogP contribution in [0.2, 0.25) is 0 Å². The number of ether oxygens (including phenoxy) is 1. The molecule has 11 heteroatoms. The summed E-state index contributed by atoms with van der Waals surface area (Å²) in [6.07, 6.45) is 14.1. The minimum absolute atomic E-state index is 0.0171. The van der Waals surface area contributed by atoms with Gasteiger partial charge in [-0.3, -0.25) is 9.59 Å². The first-order chi connectivity index (χ1) is 20.7. The molecule has 2 aliphatic heterocycles. The third kappa shape index (κ3) is 5.77. The molecule has 0 spiro atoms. The summed E-state index contributed by atoms with van der Waals surface area (Å²) in [5.74, 6) is 0.239. The van der Waals surface area contributed by atoms with Gasteiger partial charge in [-0.25, -0.2) is 4.72 Å². The predicted octanol–water partition coefficient (Wildman–Crippen LogP) is 3.40. The molecule has 2 unspecified atom stereocenters. The molecule has 4 bridgehead atoms. The zero-order valence-corrected chi connectivity index (χ0v) is 26.0. The van der Waals surface area contributed by atoms with Gasteiger partial charge in [0.1, 0.15) is 5.76 Å². The Kier molecular flexibility index (Phi) is 8.23. The molecular formula is C32H41N5O5S. The van der Waals surface area contributed by atoms with Crippen LogP contribution in [0.1, 0.15) is 65.6 Å². The van der Waals surface area contributed by atoms with Crippen LogP contribution in [0.3, 0.4) is 0 Å². The Labute approximate surface area is 253 Å². The lowest BCUT2D eigenvalue weighted by Gasteiger charge is -2.28. The molecule has 4 aliphatic rings. The largest absolute Gasteiger partial charge is 0.497 e. The molecular weight excluding hydrogens is 566 g/mol. The Morgan fingerprint density at radius 1 is 0.977 bits per heavy atom. The van der Waals surface area contributed by atoms with Gasteiger partial charge in [-0.2, -0.15) is 12.7 Å². The summed E-state index contributed by atoms with van der Waals surface area (Å²) in [4.78, 5) is 29.1. The van der Waals surface area contributed by atoms with Crippen molar-refractivity contribution >= 4 is 32.9 Å². The number of hydrogen-bond donors (Lipinski definition) is 2. The van der Waals surface area contributed by atoms with E-state index in [0.29, 0.717) is 37.7 Å². The number of amides is 2. The number of allylic oxidation sites excluding steroid dienone is 4. The third-order valence-electron chi connectivity index (χ3n) is 9.43. The standard InChI is InChI=1S/C32H41N5O5S/c1-35-14-13-33-31(38)24-17-23-18-25(42-3)10-12-26(23)30-29(21-7-5-4-6-8-21)27-11-9-22(19-28(27)37(30)20-24)32(39)34-43(40,41)36(2)16-15-35/h9-12,17-19,21,23,26H,4-8,13-16,20H2,1-3H3,(H,33,38)(H,34,39). The molecule has 2 atom stereocenters. The first-order valence-corrected chi connectivity index (χ1v) is 16.7. The highest BCUT2D eigenvalue weighted by Crippen LogP contribution is 2.47. The zero-order valence-electron chi connectivity index (χ0n) is 25.1. The summed E-state index contributed by atoms with van der Waals surface area (Å²) in [5, 5.41) is 4.16. The Balaban J connectivity index is 1.55. The fraction of sp³-hybridized carbons (Fsp3) is 0.500. The van der Waals surface area contributed by atoms with E-state index in [0.717, 1.165) is 39.5 Å². The van der Waals surface area contributed by atoms with Gasteiger partial charge in [-0.05, 0) is 55.7 Å². The maximum Gasteiger partial charge on any atom is 0.303 e. The van der Waals surface area contributed by atoms with E-state index in [1.54, 1.807) is 19.2 Å². The average Bonchev–Trinajstić information content (AvgIpc) is 3.21. The molecule has 2 aliphatic carbocycles. The van der Waals surface area contributed by atoms with Crippen molar-refractivity contribution in [2.24, 2.45) is 5.92 Å². The van der Waals surface area contributed by atoms with Crippen LogP contribution in [0.5, 0.6) is 0 Å². The van der Waals surface area contributed by atoms with Gasteiger partial charge in [0.25, 0.3) is 5.91 Å². The molecule has 1 aromatic heterocycles. The third-order valence-corrected chi connectivity index (χ3v) is 10.9. The molecule has 2 aromatic rings. The molecule has 10 nitrogen and oxygen atoms in total. The second kappa shape index (κ2) is 11.9. The SMILES string of the molecule is COC1=CC2C=C3Cn4c(c(C5CCCCC5)c5ccc(cc54)C(=O)NS(=O)(=O)N(C)CCN(C)CCNC3=O)C2C=C1. The minimum Gasteiger partial charge on any atom is -0.497 e. The van der Waals surface area contributed by atoms with Crippen LogP contribution < -0.4 is 10.0 Å². The van der Waals surface area contributed by atoms with E-state index in [-0.39, 0.29) is 29.9 Å². The molecule has 43 heavy (non-hydrogen) atoms. The highest BCUT2D eigenvalue weighted by Gasteiger charge is 2.36. The smallest absolute Gasteiger partial charge is 0.303 e. The Bertz CT molecular complexity index is 1630. The minimum atomic E-state index is -4.04. The number of carbonyl (C=O) groups is 2. The summed E-state index contributed by atoms with van der Waals surface area (Å²) in [7, 11) is 0.947. The lowest BCUT2D eigenvalue weighted by molar-refractivity contribution is -0.117. The number of aromatic nitrogens is 1. The van der Waals surface area contributed by atoms with E-state index in [9.17, 15) is 18.0 Å². The number of likely N-dealkylation sites (N-methyl/N-ethyl adjacent to an activating group) is 2. The number of nitrogens with zero attached hydrogens (tertiary/aromatic N) is 3. The molecule has 0 radical (unpaired) electrons. The van der Waals surface area contributed by atoms with Gasteiger partial charge in [0.05, 0.1) is 13.7 Å². The lowest BCUT2D eigenvalue weighted by atomic mass is 9.77. The Morgan fingerprint density at radius 3 is 2.53 bits per heavy atom. The van der Waals surface area contributed by atoms with Crippen LogP contribution in [0, 0.1) is 5.92 Å². The van der Waals surface area contributed by atoms with E-state index in [4.69, 9.17) is 4.74 Å². The lowest BCUT2D eigenvalue weighted by Crippen LogP contribution is -2.44. The molecule has 230 valence electrons. The van der Waals surface area contributed by atoms with E-state index in [1.165, 1.54) is 31.9 Å². The first-order valence-electron chi connectivity index (χ1n) is 15.2. The molecule has 3 heterocycles. The maximum atomic E-state index is 13.7. The van der Waals surface area contributed by atoms with Crippen molar-refractivity contribution in [1.82, 2.24) is 23.8 Å². The number of carbonyl (C=O) groups excluding carboxylic acids is 2. The predicted molar refractivity (Wildman–Crippen MR) is 166 cm³/mol. The van der Waals surface area contributed by atoms with Crippen LogP contribution in [-0.4, -0.2) is 81.4 Å². The Morgan fingerprint density at radius 2 is 1.77 bits per heavy atom. The molecule has 2 amide bonds. The monoisotopic (exact) mass is 607 g/mol. The summed E-state index contributed by atoms with van der Waals surface area (Å²) < 4.78 is 37.3. The molecule has 6 rings (SSSR count). The Hall–Kier alpha value is -3.41. The summed E-state index contributed by atoms with van der Waals surface area (Å²) in [6, 6.07) is 5.49. The van der Waals surface area contributed by atoms with Gasteiger partial charge in [0.2, 0.25) is 5.91 Å². The van der Waals surface area contributed by atoms with Crippen LogP contribution in [0.15, 0.2) is 53.8 Å². The molecule has 1 saturated carbocycles. The van der Waals surface area contributed by atoms with Crippen molar-refractivity contribution in [2.75, 3.05) is 47.4 Å². The average molecular weight is 608 g/mol. The highest BCUT2D eigenvalue weighted by molar-refractivity contribution is 7.87. The molecule has 1 aromatic carbocycles. The van der Waals surface area contributed by atoms with Crippen molar-refractivity contribution < 1.29 is 22.7 Å². The van der Waals surface area contributed by atoms with E-state index in [2.05, 4.69) is 32.8 Å². The van der Waals surface area contributed by atoms with E-state index in [1.807, 2.05) is 24.1 Å². The number of nitrogens with one attached hydrogen (secondary N) is 2. The van der Waals surface area contributed by atoms with Crippen LogP contribution in [0.25, 0.3) is 10.9 Å². The van der Waals surface area contributed by atoms with Crippen LogP contribution in [-0.2, 0) is 26.3 Å². The van der Waals surface area contributed by atoms with Gasteiger partial charge in [-0.1, -0.05) is 37.5 Å². The fourth-order valence-electron chi connectivity index (χ4n) is 7.00. The molecule has 0 saturated heterocycles. The number of fused-ring (bicyclic) bond motifs is 4. The van der Waals surface area contributed by atoms with Gasteiger partial charge in [0, 0.05) is 72.8 Å². The van der Waals surface area contributed by atoms with Gasteiger partial charge in [-0.15, -0.1) is 0 Å². The quantitative estimate of drug-likeness (QED) is 0.541. The fourth-order valence-corrected chi connectivity index (χ4v) is 7.83. The van der Waals surface area contributed by atoms with Gasteiger partial charge < -0.3 is 19.5 Å². The van der Waals surface area contributed by atoms with Crippen molar-refractivity contribution in [3.63, 3.8) is 0 Å². The number of hydrogen-bond acceptors (Lipinski definition) is 6. The number of benzene rings is 1. The van der Waals surface area contributed by atoms with Crippen molar-refractivity contribution in [2.45, 2.75) is 50.5 Å². The summed E-state index contributed by atoms with van der Waals surface area (Å²) in [6.45, 7) is 1.95. The second-order valence-corrected chi connectivity index (χ2v) is 14.0. The van der Waals surface area contributed by atoms with Crippen molar-refractivity contribution in [3.8, 4) is 0 Å². The van der Waals surface area contributed by atoms with Crippen LogP contribution in [0.4, 0.5) is 0 Å². The van der Waals surface area contributed by atoms with Crippen LogP contribution >= 0.6 is 0 Å². The van der Waals surface area contributed by atoms with Crippen molar-refractivity contribution in [3.05, 3.63) is 70.7 Å². The second-order valence-electron chi connectivity index (χ2n) is 12.2. The normalized spacial score (nSPS) is 25.8. The summed E-state index contributed by atoms with van der Waals surface area (Å²) in [5.41, 5.74) is 4.21. The number of rotatable bonds is 2. The summed E-state index contributed by atoms with van der Waals surface area (Å²) >= 11 is 0. The van der Waals surface area contributed by atoms with E-state index >= 15 is 0 Å². The zero-order chi connectivity index (χ0) is 30.3. The highest BCUT2D eigenvalue weighted by atomic mass is 32.2. The maximum absolute atomic E-state index is 13.7. The van der Waals surface area contributed by atoms with Gasteiger partial charge in [0.15, 0.2) is 0 Å². The van der Waals surface area contributed by atoms with Crippen molar-refractivity contribution in [1.29, 1.82) is 0 Å².